The molecule has 30 heavy (non-hydrogen) atoms. The maximum absolute atomic E-state index is 13.2. The SMILES string of the molecule is CCOC(c1cc(C(F)(F)F)cc(C(F)(F)F)c1)C1C(O)c2ccccc2S1(=O)=O. The van der Waals surface area contributed by atoms with Gasteiger partial charge < -0.3 is 9.84 Å². The smallest absolute Gasteiger partial charge is 0.387 e. The van der Waals surface area contributed by atoms with E-state index in [1.54, 1.807) is 0 Å². The summed E-state index contributed by atoms with van der Waals surface area (Å²) in [5, 5.41) is 8.78. The van der Waals surface area contributed by atoms with Crippen LogP contribution in [0.2, 0.25) is 0 Å². The van der Waals surface area contributed by atoms with Crippen molar-refractivity contribution in [2.24, 2.45) is 0 Å². The fourth-order valence-corrected chi connectivity index (χ4v) is 5.63. The lowest BCUT2D eigenvalue weighted by atomic mass is 9.95. The first-order valence-corrected chi connectivity index (χ1v) is 10.2. The number of benzene rings is 2. The minimum Gasteiger partial charge on any atom is -0.387 e. The maximum atomic E-state index is 13.2. The summed E-state index contributed by atoms with van der Waals surface area (Å²) in [5.41, 5.74) is -3.83. The summed E-state index contributed by atoms with van der Waals surface area (Å²) in [4.78, 5) is -0.241. The number of aliphatic hydroxyl groups is 1. The summed E-state index contributed by atoms with van der Waals surface area (Å²) in [6.45, 7) is 1.20. The summed E-state index contributed by atoms with van der Waals surface area (Å²) < 4.78 is 111. The molecule has 1 aliphatic heterocycles. The summed E-state index contributed by atoms with van der Waals surface area (Å²) in [6, 6.07) is 6.18. The maximum Gasteiger partial charge on any atom is 0.416 e. The van der Waals surface area contributed by atoms with E-state index in [1.807, 2.05) is 0 Å². The van der Waals surface area contributed by atoms with Crippen molar-refractivity contribution in [2.45, 2.75) is 41.6 Å². The predicted molar refractivity (Wildman–Crippen MR) is 93.2 cm³/mol. The second-order valence-electron chi connectivity index (χ2n) is 6.71. The van der Waals surface area contributed by atoms with Gasteiger partial charge in [-0.3, -0.25) is 0 Å². The van der Waals surface area contributed by atoms with E-state index in [9.17, 15) is 39.9 Å². The van der Waals surface area contributed by atoms with Crippen molar-refractivity contribution in [1.29, 1.82) is 0 Å². The van der Waals surface area contributed by atoms with Crippen LogP contribution in [0.1, 0.15) is 41.4 Å². The van der Waals surface area contributed by atoms with Crippen LogP contribution in [-0.4, -0.2) is 25.4 Å². The van der Waals surface area contributed by atoms with Crippen molar-refractivity contribution in [3.63, 3.8) is 0 Å². The first kappa shape index (κ1) is 22.6. The zero-order valence-electron chi connectivity index (χ0n) is 15.3. The molecule has 0 spiro atoms. The lowest BCUT2D eigenvalue weighted by Crippen LogP contribution is -2.31. The average molecular weight is 454 g/mol. The molecule has 164 valence electrons. The Labute approximate surface area is 168 Å². The number of sulfone groups is 1. The fourth-order valence-electron chi connectivity index (χ4n) is 3.51. The molecule has 1 aliphatic rings. The van der Waals surface area contributed by atoms with Gasteiger partial charge in [-0.25, -0.2) is 8.42 Å². The van der Waals surface area contributed by atoms with Gasteiger partial charge >= 0.3 is 12.4 Å². The summed E-state index contributed by atoms with van der Waals surface area (Å²) in [5.74, 6) is 0. The molecule has 4 nitrogen and oxygen atoms in total. The van der Waals surface area contributed by atoms with E-state index in [0.717, 1.165) is 0 Å². The van der Waals surface area contributed by atoms with Crippen molar-refractivity contribution in [3.05, 3.63) is 64.7 Å². The third kappa shape index (κ3) is 3.93. The molecule has 11 heteroatoms. The Hall–Kier alpha value is -2.11. The largest absolute Gasteiger partial charge is 0.416 e. The van der Waals surface area contributed by atoms with E-state index in [2.05, 4.69) is 0 Å². The molecule has 0 saturated carbocycles. The predicted octanol–water partition coefficient (Wildman–Crippen LogP) is 4.69. The van der Waals surface area contributed by atoms with E-state index in [0.29, 0.717) is 12.1 Å². The fraction of sp³-hybridized carbons (Fsp3) is 0.368. The molecule has 0 aliphatic carbocycles. The Kier molecular flexibility index (Phi) is 5.67. The highest BCUT2D eigenvalue weighted by Crippen LogP contribution is 2.47. The monoisotopic (exact) mass is 454 g/mol. The summed E-state index contributed by atoms with van der Waals surface area (Å²) in [6.07, 6.45) is -13.7. The summed E-state index contributed by atoms with van der Waals surface area (Å²) in [7, 11) is -4.30. The number of hydrogen-bond donors (Lipinski definition) is 1. The molecule has 0 radical (unpaired) electrons. The zero-order chi connectivity index (χ0) is 22.5. The van der Waals surface area contributed by atoms with Crippen LogP contribution in [0.15, 0.2) is 47.4 Å². The lowest BCUT2D eigenvalue weighted by Gasteiger charge is -2.27. The molecule has 0 saturated heterocycles. The Balaban J connectivity index is 2.21. The molecule has 0 amide bonds. The number of aliphatic hydroxyl groups excluding tert-OH is 1. The Morgan fingerprint density at radius 3 is 2.00 bits per heavy atom. The Bertz CT molecular complexity index is 1010. The first-order valence-electron chi connectivity index (χ1n) is 8.70. The molecule has 3 atom stereocenters. The van der Waals surface area contributed by atoms with E-state index in [1.165, 1.54) is 31.2 Å². The standard InChI is InChI=1S/C19H16F6O4S/c1-2-29-16(17-15(26)13-5-3-4-6-14(13)30(17,27)28)10-7-11(18(20,21)22)9-12(8-10)19(23,24)25/h3-9,15-17,26H,2H2,1H3. The molecule has 2 aromatic carbocycles. The minimum absolute atomic E-state index is 0.00947. The van der Waals surface area contributed by atoms with Gasteiger partial charge in [-0.05, 0) is 36.8 Å². The molecule has 0 fully saturated rings. The molecule has 0 bridgehead atoms. The third-order valence-electron chi connectivity index (χ3n) is 4.80. The van der Waals surface area contributed by atoms with Gasteiger partial charge in [-0.2, -0.15) is 26.3 Å². The molecule has 1 N–H and O–H groups in total. The topological polar surface area (TPSA) is 63.6 Å². The number of rotatable bonds is 4. The molecule has 2 aromatic rings. The highest BCUT2D eigenvalue weighted by molar-refractivity contribution is 7.92. The third-order valence-corrected chi connectivity index (χ3v) is 7.00. The van der Waals surface area contributed by atoms with Crippen LogP contribution >= 0.6 is 0 Å². The van der Waals surface area contributed by atoms with E-state index >= 15 is 0 Å². The van der Waals surface area contributed by atoms with Crippen LogP contribution in [-0.2, 0) is 26.9 Å². The minimum atomic E-state index is -5.11. The number of ether oxygens (including phenoxy) is 1. The normalized spacial score (nSPS) is 22.0. The number of halogens is 6. The van der Waals surface area contributed by atoms with Gasteiger partial charge in [-0.1, -0.05) is 18.2 Å². The second-order valence-corrected chi connectivity index (χ2v) is 8.78. The molecular formula is C19H16F6O4S. The van der Waals surface area contributed by atoms with Crippen molar-refractivity contribution in [2.75, 3.05) is 6.61 Å². The highest BCUT2D eigenvalue weighted by Gasteiger charge is 2.50. The van der Waals surface area contributed by atoms with Gasteiger partial charge in [0.15, 0.2) is 9.84 Å². The average Bonchev–Trinajstić information content (AvgIpc) is 2.85. The van der Waals surface area contributed by atoms with Gasteiger partial charge in [0.1, 0.15) is 17.5 Å². The summed E-state index contributed by atoms with van der Waals surface area (Å²) >= 11 is 0. The van der Waals surface area contributed by atoms with Crippen molar-refractivity contribution in [3.8, 4) is 0 Å². The Morgan fingerprint density at radius 1 is 1.00 bits per heavy atom. The van der Waals surface area contributed by atoms with Gasteiger partial charge in [-0.15, -0.1) is 0 Å². The van der Waals surface area contributed by atoms with Crippen LogP contribution in [0.3, 0.4) is 0 Å². The van der Waals surface area contributed by atoms with Crippen LogP contribution in [0.5, 0.6) is 0 Å². The number of fused-ring (bicyclic) bond motifs is 1. The van der Waals surface area contributed by atoms with Crippen LogP contribution in [0.25, 0.3) is 0 Å². The van der Waals surface area contributed by atoms with Gasteiger partial charge in [0.2, 0.25) is 0 Å². The van der Waals surface area contributed by atoms with E-state index in [4.69, 9.17) is 4.74 Å². The van der Waals surface area contributed by atoms with E-state index in [-0.39, 0.29) is 23.1 Å². The van der Waals surface area contributed by atoms with Crippen LogP contribution < -0.4 is 0 Å². The first-order chi connectivity index (χ1) is 13.8. The second kappa shape index (κ2) is 7.54. The number of hydrogen-bond acceptors (Lipinski definition) is 4. The quantitative estimate of drug-likeness (QED) is 0.681. The number of alkyl halides is 6. The molecular weight excluding hydrogens is 438 g/mol. The van der Waals surface area contributed by atoms with Gasteiger partial charge in [0, 0.05) is 12.2 Å². The van der Waals surface area contributed by atoms with Crippen molar-refractivity contribution in [1.82, 2.24) is 0 Å². The van der Waals surface area contributed by atoms with Gasteiger partial charge in [0.25, 0.3) is 0 Å². The van der Waals surface area contributed by atoms with Crippen molar-refractivity contribution >= 4 is 9.84 Å². The highest BCUT2D eigenvalue weighted by atomic mass is 32.2. The van der Waals surface area contributed by atoms with Crippen LogP contribution in [0.4, 0.5) is 26.3 Å². The Morgan fingerprint density at radius 2 is 1.53 bits per heavy atom. The molecule has 3 rings (SSSR count). The van der Waals surface area contributed by atoms with E-state index < -0.39 is 56.3 Å². The molecule has 0 aromatic heterocycles. The van der Waals surface area contributed by atoms with Crippen LogP contribution in [0, 0.1) is 0 Å². The van der Waals surface area contributed by atoms with Crippen molar-refractivity contribution < 1.29 is 44.6 Å². The molecule has 1 heterocycles. The molecule has 3 unspecified atom stereocenters. The van der Waals surface area contributed by atoms with Gasteiger partial charge in [0.05, 0.1) is 16.0 Å². The lowest BCUT2D eigenvalue weighted by molar-refractivity contribution is -0.143. The zero-order valence-corrected chi connectivity index (χ0v) is 16.1.